The van der Waals surface area contributed by atoms with Crippen molar-refractivity contribution in [2.45, 2.75) is 37.3 Å². The number of nitrogens with one attached hydrogen (secondary N) is 1. The van der Waals surface area contributed by atoms with Crippen molar-refractivity contribution in [2.24, 2.45) is 0 Å². The minimum atomic E-state index is -1.16. The van der Waals surface area contributed by atoms with E-state index in [4.69, 9.17) is 4.74 Å². The lowest BCUT2D eigenvalue weighted by molar-refractivity contribution is -0.151. The second-order valence-electron chi connectivity index (χ2n) is 7.06. The third-order valence-corrected chi connectivity index (χ3v) is 5.59. The van der Waals surface area contributed by atoms with Crippen molar-refractivity contribution in [3.63, 3.8) is 0 Å². The molecule has 1 N–H and O–H groups in total. The fourth-order valence-corrected chi connectivity index (χ4v) is 3.73. The van der Waals surface area contributed by atoms with Crippen molar-refractivity contribution in [2.75, 3.05) is 16.0 Å². The molecule has 1 heterocycles. The van der Waals surface area contributed by atoms with E-state index in [1.165, 1.54) is 17.9 Å². The predicted octanol–water partition coefficient (Wildman–Crippen LogP) is 3.61. The van der Waals surface area contributed by atoms with Crippen molar-refractivity contribution in [3.8, 4) is 0 Å². The maximum Gasteiger partial charge on any atom is 0.317 e. The summed E-state index contributed by atoms with van der Waals surface area (Å²) in [5.74, 6) is -2.06. The van der Waals surface area contributed by atoms with E-state index in [0.29, 0.717) is 16.3 Å². The third kappa shape index (κ3) is 4.27. The standard InChI is InChI=1S/C21H21FN2O4S/c1-13(28-18(25)12-29-17-11-7-4-8-14(17)22)19(26)24-16-10-6-5-9-15(16)23-20(27)21(24,2)3/h4-11,13H,12H2,1-3H3,(H,23,27)/t13-/m1/s1. The molecule has 2 aromatic rings. The van der Waals surface area contributed by atoms with Gasteiger partial charge in [-0.25, -0.2) is 4.39 Å². The highest BCUT2D eigenvalue weighted by atomic mass is 32.2. The molecule has 0 aliphatic carbocycles. The van der Waals surface area contributed by atoms with Gasteiger partial charge in [0.25, 0.3) is 5.91 Å². The smallest absolute Gasteiger partial charge is 0.317 e. The number of hydrogen-bond acceptors (Lipinski definition) is 5. The molecule has 0 saturated heterocycles. The second-order valence-corrected chi connectivity index (χ2v) is 8.07. The van der Waals surface area contributed by atoms with Gasteiger partial charge in [-0.2, -0.15) is 0 Å². The zero-order valence-corrected chi connectivity index (χ0v) is 17.1. The van der Waals surface area contributed by atoms with Crippen LogP contribution in [0.5, 0.6) is 0 Å². The number of thioether (sulfide) groups is 1. The second kappa shape index (κ2) is 8.24. The van der Waals surface area contributed by atoms with Gasteiger partial charge in [-0.1, -0.05) is 24.3 Å². The molecule has 8 heteroatoms. The Kier molecular flexibility index (Phi) is 5.93. The van der Waals surface area contributed by atoms with Crippen LogP contribution in [0.2, 0.25) is 0 Å². The molecule has 6 nitrogen and oxygen atoms in total. The van der Waals surface area contributed by atoms with Crippen LogP contribution < -0.4 is 10.2 Å². The number of fused-ring (bicyclic) bond motifs is 1. The Labute approximate surface area is 172 Å². The van der Waals surface area contributed by atoms with E-state index in [1.54, 1.807) is 56.3 Å². The lowest BCUT2D eigenvalue weighted by Gasteiger charge is -2.42. The molecule has 29 heavy (non-hydrogen) atoms. The van der Waals surface area contributed by atoms with Crippen LogP contribution >= 0.6 is 11.8 Å². The lowest BCUT2D eigenvalue weighted by atomic mass is 9.95. The summed E-state index contributed by atoms with van der Waals surface area (Å²) in [6.07, 6.45) is -1.11. The Hall–Kier alpha value is -2.87. The van der Waals surface area contributed by atoms with Crippen LogP contribution in [0.4, 0.5) is 15.8 Å². The fraction of sp³-hybridized carbons (Fsp3) is 0.286. The molecule has 0 spiro atoms. The highest BCUT2D eigenvalue weighted by molar-refractivity contribution is 8.00. The van der Waals surface area contributed by atoms with Crippen LogP contribution in [-0.2, 0) is 19.1 Å². The van der Waals surface area contributed by atoms with Crippen LogP contribution in [0.3, 0.4) is 0 Å². The monoisotopic (exact) mass is 416 g/mol. The minimum Gasteiger partial charge on any atom is -0.452 e. The van der Waals surface area contributed by atoms with E-state index in [2.05, 4.69) is 5.32 Å². The van der Waals surface area contributed by atoms with E-state index >= 15 is 0 Å². The molecule has 0 unspecified atom stereocenters. The molecule has 0 radical (unpaired) electrons. The van der Waals surface area contributed by atoms with E-state index in [1.807, 2.05) is 0 Å². The summed E-state index contributed by atoms with van der Waals surface area (Å²) in [5, 5.41) is 2.78. The molecule has 1 aliphatic rings. The Morgan fingerprint density at radius 1 is 1.17 bits per heavy atom. The SMILES string of the molecule is C[C@@H](OC(=O)CSc1ccccc1F)C(=O)N1c2ccccc2NC(=O)C1(C)C. The first kappa shape index (κ1) is 20.9. The molecule has 1 atom stereocenters. The normalized spacial score (nSPS) is 15.9. The molecule has 0 fully saturated rings. The topological polar surface area (TPSA) is 75.7 Å². The van der Waals surface area contributed by atoms with Crippen molar-refractivity contribution in [1.29, 1.82) is 0 Å². The summed E-state index contributed by atoms with van der Waals surface area (Å²) in [4.78, 5) is 39.4. The number of benzene rings is 2. The van der Waals surface area contributed by atoms with E-state index in [-0.39, 0.29) is 11.7 Å². The van der Waals surface area contributed by atoms with Gasteiger partial charge in [-0.15, -0.1) is 11.8 Å². The van der Waals surface area contributed by atoms with Gasteiger partial charge in [0.15, 0.2) is 6.10 Å². The van der Waals surface area contributed by atoms with Crippen molar-refractivity contribution < 1.29 is 23.5 Å². The van der Waals surface area contributed by atoms with Gasteiger partial charge in [0.1, 0.15) is 11.4 Å². The number of para-hydroxylation sites is 2. The Morgan fingerprint density at radius 2 is 1.83 bits per heavy atom. The number of esters is 1. The minimum absolute atomic E-state index is 0.140. The summed E-state index contributed by atoms with van der Waals surface area (Å²) in [5.41, 5.74) is -0.113. The van der Waals surface area contributed by atoms with Crippen molar-refractivity contribution >= 4 is 40.9 Å². The summed E-state index contributed by atoms with van der Waals surface area (Å²) < 4.78 is 18.9. The van der Waals surface area contributed by atoms with E-state index < -0.39 is 29.3 Å². The van der Waals surface area contributed by atoms with Crippen LogP contribution in [-0.4, -0.2) is 35.2 Å². The van der Waals surface area contributed by atoms with Crippen molar-refractivity contribution in [3.05, 3.63) is 54.3 Å². The number of amides is 2. The van der Waals surface area contributed by atoms with Crippen LogP contribution in [0, 0.1) is 5.82 Å². The molecular formula is C21H21FN2O4S. The molecule has 0 bridgehead atoms. The first-order valence-electron chi connectivity index (χ1n) is 9.03. The zero-order chi connectivity index (χ0) is 21.2. The first-order chi connectivity index (χ1) is 13.7. The number of carbonyl (C=O) groups is 3. The highest BCUT2D eigenvalue weighted by Crippen LogP contribution is 2.37. The Balaban J connectivity index is 1.71. The number of nitrogens with zero attached hydrogens (tertiary/aromatic N) is 1. The zero-order valence-electron chi connectivity index (χ0n) is 16.3. The van der Waals surface area contributed by atoms with Gasteiger partial charge >= 0.3 is 5.97 Å². The molecular weight excluding hydrogens is 395 g/mol. The fourth-order valence-electron chi connectivity index (χ4n) is 3.01. The van der Waals surface area contributed by atoms with Gasteiger partial charge in [0.2, 0.25) is 5.91 Å². The molecule has 1 aliphatic heterocycles. The first-order valence-corrected chi connectivity index (χ1v) is 10.0. The van der Waals surface area contributed by atoms with Gasteiger partial charge in [-0.3, -0.25) is 19.3 Å². The lowest BCUT2D eigenvalue weighted by Crippen LogP contribution is -2.60. The Morgan fingerprint density at radius 3 is 2.55 bits per heavy atom. The quantitative estimate of drug-likeness (QED) is 0.595. The molecule has 2 aromatic carbocycles. The molecule has 152 valence electrons. The van der Waals surface area contributed by atoms with Crippen LogP contribution in [0.25, 0.3) is 0 Å². The molecule has 0 aromatic heterocycles. The maximum atomic E-state index is 13.7. The summed E-state index contributed by atoms with van der Waals surface area (Å²) >= 11 is 0.995. The maximum absolute atomic E-state index is 13.7. The van der Waals surface area contributed by atoms with Gasteiger partial charge in [0.05, 0.1) is 17.1 Å². The van der Waals surface area contributed by atoms with Crippen LogP contribution in [0.15, 0.2) is 53.4 Å². The van der Waals surface area contributed by atoms with Gasteiger partial charge in [0, 0.05) is 4.90 Å². The number of carbonyl (C=O) groups excluding carboxylic acids is 3. The van der Waals surface area contributed by atoms with Crippen LogP contribution in [0.1, 0.15) is 20.8 Å². The summed E-state index contributed by atoms with van der Waals surface area (Å²) in [6, 6.07) is 13.0. The molecule has 3 rings (SSSR count). The number of halogens is 1. The number of ether oxygens (including phenoxy) is 1. The highest BCUT2D eigenvalue weighted by Gasteiger charge is 2.45. The summed E-state index contributed by atoms with van der Waals surface area (Å²) in [6.45, 7) is 4.71. The molecule has 0 saturated carbocycles. The third-order valence-electron chi connectivity index (χ3n) is 4.57. The van der Waals surface area contributed by atoms with Gasteiger partial charge < -0.3 is 10.1 Å². The Bertz CT molecular complexity index is 963. The van der Waals surface area contributed by atoms with E-state index in [0.717, 1.165) is 11.8 Å². The van der Waals surface area contributed by atoms with E-state index in [9.17, 15) is 18.8 Å². The average molecular weight is 416 g/mol. The molecule has 2 amide bonds. The van der Waals surface area contributed by atoms with Gasteiger partial charge in [-0.05, 0) is 45.0 Å². The van der Waals surface area contributed by atoms with Crippen molar-refractivity contribution in [1.82, 2.24) is 0 Å². The average Bonchev–Trinajstić information content (AvgIpc) is 2.67. The largest absolute Gasteiger partial charge is 0.452 e. The number of rotatable bonds is 5. The summed E-state index contributed by atoms with van der Waals surface area (Å²) in [7, 11) is 0. The predicted molar refractivity (Wildman–Crippen MR) is 109 cm³/mol. The number of anilines is 2. The number of hydrogen-bond donors (Lipinski definition) is 1.